The SMILES string of the molecule is CCN(Cc1cc(C#N)ccc1F)c1ccccc1. The van der Waals surface area contributed by atoms with Crippen LogP contribution in [0.4, 0.5) is 10.1 Å². The normalized spacial score (nSPS) is 9.95. The number of hydrogen-bond donors (Lipinski definition) is 0. The summed E-state index contributed by atoms with van der Waals surface area (Å²) in [7, 11) is 0. The van der Waals surface area contributed by atoms with Gasteiger partial charge in [-0.15, -0.1) is 0 Å². The molecule has 0 bridgehead atoms. The van der Waals surface area contributed by atoms with Crippen molar-refractivity contribution >= 4 is 5.69 Å². The Balaban J connectivity index is 2.26. The molecule has 0 saturated heterocycles. The molecule has 96 valence electrons. The monoisotopic (exact) mass is 254 g/mol. The Morgan fingerprint density at radius 1 is 1.16 bits per heavy atom. The molecule has 0 aliphatic rings. The first-order chi connectivity index (χ1) is 9.24. The molecule has 2 rings (SSSR count). The van der Waals surface area contributed by atoms with Gasteiger partial charge in [-0.1, -0.05) is 18.2 Å². The number of benzene rings is 2. The van der Waals surface area contributed by atoms with Crippen LogP contribution < -0.4 is 4.90 Å². The summed E-state index contributed by atoms with van der Waals surface area (Å²) < 4.78 is 13.8. The first-order valence-corrected chi connectivity index (χ1v) is 6.23. The molecule has 0 aromatic heterocycles. The number of rotatable bonds is 4. The molecule has 3 heteroatoms. The van der Waals surface area contributed by atoms with E-state index in [-0.39, 0.29) is 5.82 Å². The smallest absolute Gasteiger partial charge is 0.128 e. The van der Waals surface area contributed by atoms with Crippen LogP contribution in [0.2, 0.25) is 0 Å². The lowest BCUT2D eigenvalue weighted by Crippen LogP contribution is -2.22. The molecule has 0 amide bonds. The van der Waals surface area contributed by atoms with Crippen molar-refractivity contribution in [2.24, 2.45) is 0 Å². The maximum Gasteiger partial charge on any atom is 0.128 e. The Morgan fingerprint density at radius 2 is 1.89 bits per heavy atom. The van der Waals surface area contributed by atoms with Crippen molar-refractivity contribution in [1.29, 1.82) is 5.26 Å². The second kappa shape index (κ2) is 6.01. The highest BCUT2D eigenvalue weighted by atomic mass is 19.1. The highest BCUT2D eigenvalue weighted by molar-refractivity contribution is 5.47. The van der Waals surface area contributed by atoms with Crippen LogP contribution in [0.15, 0.2) is 48.5 Å². The maximum atomic E-state index is 13.8. The van der Waals surface area contributed by atoms with E-state index in [9.17, 15) is 4.39 Å². The number of nitriles is 1. The Kier molecular flexibility index (Phi) is 4.15. The molecule has 0 spiro atoms. The van der Waals surface area contributed by atoms with Gasteiger partial charge in [0.2, 0.25) is 0 Å². The van der Waals surface area contributed by atoms with Crippen LogP contribution in [0, 0.1) is 17.1 Å². The summed E-state index contributed by atoms with van der Waals surface area (Å²) in [6, 6.07) is 16.4. The standard InChI is InChI=1S/C16H15FN2/c1-2-19(15-6-4-3-5-7-15)12-14-10-13(11-18)8-9-16(14)17/h3-10H,2,12H2,1H3. The molecule has 19 heavy (non-hydrogen) atoms. The number of nitrogens with zero attached hydrogens (tertiary/aromatic N) is 2. The van der Waals surface area contributed by atoms with Gasteiger partial charge in [-0.25, -0.2) is 4.39 Å². The van der Waals surface area contributed by atoms with Gasteiger partial charge in [0.25, 0.3) is 0 Å². The molecular formula is C16H15FN2. The van der Waals surface area contributed by atoms with Crippen LogP contribution in [-0.2, 0) is 6.54 Å². The van der Waals surface area contributed by atoms with Crippen LogP contribution in [0.3, 0.4) is 0 Å². The van der Waals surface area contributed by atoms with Gasteiger partial charge in [0.15, 0.2) is 0 Å². The first-order valence-electron chi connectivity index (χ1n) is 6.23. The fraction of sp³-hybridized carbons (Fsp3) is 0.188. The van der Waals surface area contributed by atoms with Crippen molar-refractivity contribution in [3.63, 3.8) is 0 Å². The van der Waals surface area contributed by atoms with E-state index in [0.717, 1.165) is 12.2 Å². The van der Waals surface area contributed by atoms with Crippen molar-refractivity contribution in [3.05, 3.63) is 65.5 Å². The third-order valence-electron chi connectivity index (χ3n) is 3.04. The summed E-state index contributed by atoms with van der Waals surface area (Å²) in [6.07, 6.45) is 0. The highest BCUT2D eigenvalue weighted by Crippen LogP contribution is 2.18. The summed E-state index contributed by atoms with van der Waals surface area (Å²) in [5.74, 6) is -0.270. The van der Waals surface area contributed by atoms with Crippen LogP contribution in [-0.4, -0.2) is 6.54 Å². The van der Waals surface area contributed by atoms with Crippen molar-refractivity contribution in [2.45, 2.75) is 13.5 Å². The predicted molar refractivity (Wildman–Crippen MR) is 74.3 cm³/mol. The minimum Gasteiger partial charge on any atom is -0.367 e. The van der Waals surface area contributed by atoms with Gasteiger partial charge in [-0.2, -0.15) is 5.26 Å². The molecule has 2 aromatic carbocycles. The summed E-state index contributed by atoms with van der Waals surface area (Å²) in [4.78, 5) is 2.07. The number of anilines is 1. The average Bonchev–Trinajstić information content (AvgIpc) is 2.47. The Bertz CT molecular complexity index is 587. The second-order valence-corrected chi connectivity index (χ2v) is 4.27. The van der Waals surface area contributed by atoms with Crippen molar-refractivity contribution in [2.75, 3.05) is 11.4 Å². The van der Waals surface area contributed by atoms with Crippen molar-refractivity contribution in [3.8, 4) is 6.07 Å². The predicted octanol–water partition coefficient (Wildman–Crippen LogP) is 3.72. The molecule has 0 aliphatic heterocycles. The van der Waals surface area contributed by atoms with E-state index in [1.54, 1.807) is 6.07 Å². The molecule has 0 saturated carbocycles. The number of hydrogen-bond acceptors (Lipinski definition) is 2. The Labute approximate surface area is 112 Å². The molecule has 0 atom stereocenters. The topological polar surface area (TPSA) is 27.0 Å². The van der Waals surface area contributed by atoms with E-state index < -0.39 is 0 Å². The largest absolute Gasteiger partial charge is 0.367 e. The maximum absolute atomic E-state index is 13.8. The fourth-order valence-electron chi connectivity index (χ4n) is 2.00. The van der Waals surface area contributed by atoms with Gasteiger partial charge < -0.3 is 4.90 Å². The van der Waals surface area contributed by atoms with Gasteiger partial charge >= 0.3 is 0 Å². The van der Waals surface area contributed by atoms with E-state index >= 15 is 0 Å². The molecule has 0 fully saturated rings. The third kappa shape index (κ3) is 3.11. The zero-order chi connectivity index (χ0) is 13.7. The summed E-state index contributed by atoms with van der Waals surface area (Å²) in [5.41, 5.74) is 2.08. The van der Waals surface area contributed by atoms with Gasteiger partial charge in [0.1, 0.15) is 5.82 Å². The lowest BCUT2D eigenvalue weighted by atomic mass is 10.1. The summed E-state index contributed by atoms with van der Waals surface area (Å²) >= 11 is 0. The molecule has 0 aliphatic carbocycles. The number of para-hydroxylation sites is 1. The molecular weight excluding hydrogens is 239 g/mol. The highest BCUT2D eigenvalue weighted by Gasteiger charge is 2.09. The zero-order valence-electron chi connectivity index (χ0n) is 10.8. The van der Waals surface area contributed by atoms with Crippen molar-refractivity contribution < 1.29 is 4.39 Å². The quantitative estimate of drug-likeness (QED) is 0.831. The lowest BCUT2D eigenvalue weighted by Gasteiger charge is -2.23. The van der Waals surface area contributed by atoms with Gasteiger partial charge in [0.05, 0.1) is 11.6 Å². The van der Waals surface area contributed by atoms with E-state index in [0.29, 0.717) is 17.7 Å². The van der Waals surface area contributed by atoms with Crippen LogP contribution >= 0.6 is 0 Å². The van der Waals surface area contributed by atoms with Gasteiger partial charge in [-0.3, -0.25) is 0 Å². The van der Waals surface area contributed by atoms with Gasteiger partial charge in [-0.05, 0) is 37.3 Å². The Hall–Kier alpha value is -2.34. The van der Waals surface area contributed by atoms with Crippen molar-refractivity contribution in [1.82, 2.24) is 0 Å². The van der Waals surface area contributed by atoms with Crippen LogP contribution in [0.5, 0.6) is 0 Å². The first kappa shape index (κ1) is 13.1. The van der Waals surface area contributed by atoms with E-state index in [1.807, 2.05) is 43.3 Å². The van der Waals surface area contributed by atoms with Crippen LogP contribution in [0.1, 0.15) is 18.1 Å². The van der Waals surface area contributed by atoms with E-state index in [1.165, 1.54) is 12.1 Å². The van der Waals surface area contributed by atoms with E-state index in [2.05, 4.69) is 4.90 Å². The minimum absolute atomic E-state index is 0.270. The fourth-order valence-corrected chi connectivity index (χ4v) is 2.00. The average molecular weight is 254 g/mol. The molecule has 0 heterocycles. The molecule has 2 nitrogen and oxygen atoms in total. The molecule has 2 aromatic rings. The van der Waals surface area contributed by atoms with Gasteiger partial charge in [0, 0.05) is 24.3 Å². The lowest BCUT2D eigenvalue weighted by molar-refractivity contribution is 0.605. The zero-order valence-corrected chi connectivity index (χ0v) is 10.8. The molecule has 0 N–H and O–H groups in total. The Morgan fingerprint density at radius 3 is 2.53 bits per heavy atom. The molecule has 0 radical (unpaired) electrons. The summed E-state index contributed by atoms with van der Waals surface area (Å²) in [5, 5.41) is 8.88. The van der Waals surface area contributed by atoms with E-state index in [4.69, 9.17) is 5.26 Å². The molecule has 0 unspecified atom stereocenters. The number of halogens is 1. The third-order valence-corrected chi connectivity index (χ3v) is 3.04. The summed E-state index contributed by atoms with van der Waals surface area (Å²) in [6.45, 7) is 3.27. The minimum atomic E-state index is -0.270. The second-order valence-electron chi connectivity index (χ2n) is 4.27. The van der Waals surface area contributed by atoms with Crippen LogP contribution in [0.25, 0.3) is 0 Å².